The molecule has 2 rings (SSSR count). The molecule has 0 bridgehead atoms. The summed E-state index contributed by atoms with van der Waals surface area (Å²) in [4.78, 5) is 24.0. The maximum Gasteiger partial charge on any atom is 0.317 e. The summed E-state index contributed by atoms with van der Waals surface area (Å²) < 4.78 is 0. The summed E-state index contributed by atoms with van der Waals surface area (Å²) in [5.41, 5.74) is 1.37. The second-order valence-corrected chi connectivity index (χ2v) is 5.21. The van der Waals surface area contributed by atoms with Crippen molar-refractivity contribution in [3.05, 3.63) is 35.9 Å². The molecule has 1 saturated heterocycles. The molecule has 0 radical (unpaired) electrons. The average Bonchev–Trinajstić information content (AvgIpc) is 2.52. The number of piperidine rings is 1. The van der Waals surface area contributed by atoms with Gasteiger partial charge in [0.1, 0.15) is 6.29 Å². The van der Waals surface area contributed by atoms with E-state index in [1.54, 1.807) is 0 Å². The fraction of sp³-hybridized carbons (Fsp3) is 0.500. The predicted octanol–water partition coefficient (Wildman–Crippen LogP) is 2.55. The third-order valence-electron chi connectivity index (χ3n) is 3.83. The molecule has 108 valence electrons. The molecule has 4 nitrogen and oxygen atoms in total. The molecule has 20 heavy (non-hydrogen) atoms. The van der Waals surface area contributed by atoms with Crippen molar-refractivity contribution in [2.75, 3.05) is 19.6 Å². The van der Waals surface area contributed by atoms with E-state index >= 15 is 0 Å². The average molecular weight is 274 g/mol. The van der Waals surface area contributed by atoms with Crippen LogP contribution in [-0.2, 0) is 4.79 Å². The second-order valence-electron chi connectivity index (χ2n) is 5.21. The predicted molar refractivity (Wildman–Crippen MR) is 78.7 cm³/mol. The Morgan fingerprint density at radius 3 is 2.60 bits per heavy atom. The zero-order valence-corrected chi connectivity index (χ0v) is 11.8. The van der Waals surface area contributed by atoms with Crippen LogP contribution in [-0.4, -0.2) is 36.9 Å². The van der Waals surface area contributed by atoms with E-state index in [0.717, 1.165) is 38.6 Å². The van der Waals surface area contributed by atoms with Crippen molar-refractivity contribution < 1.29 is 9.59 Å². The Morgan fingerprint density at radius 1 is 1.25 bits per heavy atom. The van der Waals surface area contributed by atoms with Crippen molar-refractivity contribution in [2.45, 2.75) is 31.6 Å². The molecule has 0 aliphatic carbocycles. The van der Waals surface area contributed by atoms with Crippen LogP contribution in [0.15, 0.2) is 30.3 Å². The van der Waals surface area contributed by atoms with Gasteiger partial charge in [0, 0.05) is 26.1 Å². The maximum absolute atomic E-state index is 11.9. The highest BCUT2D eigenvalue weighted by Crippen LogP contribution is 2.27. The molecule has 0 spiro atoms. The van der Waals surface area contributed by atoms with Crippen LogP contribution in [0.5, 0.6) is 0 Å². The van der Waals surface area contributed by atoms with Crippen molar-refractivity contribution in [3.63, 3.8) is 0 Å². The zero-order valence-electron chi connectivity index (χ0n) is 11.8. The molecule has 1 aromatic rings. The molecule has 0 aromatic heterocycles. The van der Waals surface area contributed by atoms with Crippen LogP contribution in [0.25, 0.3) is 0 Å². The van der Waals surface area contributed by atoms with Crippen LogP contribution >= 0.6 is 0 Å². The van der Waals surface area contributed by atoms with Crippen molar-refractivity contribution in [1.82, 2.24) is 10.2 Å². The number of unbranched alkanes of at least 4 members (excludes halogenated alkanes) is 1. The Kier molecular flexibility index (Phi) is 5.59. The van der Waals surface area contributed by atoms with E-state index < -0.39 is 0 Å². The normalized spacial score (nSPS) is 15.9. The van der Waals surface area contributed by atoms with Gasteiger partial charge in [-0.3, -0.25) is 0 Å². The third kappa shape index (κ3) is 4.08. The minimum absolute atomic E-state index is 0.00223. The lowest BCUT2D eigenvalue weighted by molar-refractivity contribution is -0.107. The largest absolute Gasteiger partial charge is 0.338 e. The Bertz CT molecular complexity index is 425. The van der Waals surface area contributed by atoms with Crippen LogP contribution < -0.4 is 5.32 Å². The number of carbonyl (C=O) groups excluding carboxylic acids is 2. The lowest BCUT2D eigenvalue weighted by atomic mass is 9.90. The summed E-state index contributed by atoms with van der Waals surface area (Å²) in [6.07, 6.45) is 4.15. The van der Waals surface area contributed by atoms with Crippen LogP contribution in [0.4, 0.5) is 4.79 Å². The van der Waals surface area contributed by atoms with Gasteiger partial charge in [-0.05, 0) is 30.7 Å². The molecule has 4 heteroatoms. The van der Waals surface area contributed by atoms with E-state index in [9.17, 15) is 9.59 Å². The zero-order chi connectivity index (χ0) is 14.2. The number of carbonyl (C=O) groups is 2. The van der Waals surface area contributed by atoms with Crippen molar-refractivity contribution in [2.24, 2.45) is 0 Å². The molecule has 1 heterocycles. The summed E-state index contributed by atoms with van der Waals surface area (Å²) in [7, 11) is 0. The summed E-state index contributed by atoms with van der Waals surface area (Å²) in [5.74, 6) is 0.565. The standard InChI is InChI=1S/C16H22N2O2/c19-13-5-4-10-17-16(20)18-11-8-15(9-12-18)14-6-2-1-3-7-14/h1-3,6-7,13,15H,4-5,8-12H2,(H,17,20). The van der Waals surface area contributed by atoms with Crippen molar-refractivity contribution >= 4 is 12.3 Å². The molecule has 0 unspecified atom stereocenters. The van der Waals surface area contributed by atoms with Crippen LogP contribution in [0.1, 0.15) is 37.2 Å². The number of rotatable bonds is 5. The van der Waals surface area contributed by atoms with Gasteiger partial charge in [-0.25, -0.2) is 4.79 Å². The number of amides is 2. The summed E-state index contributed by atoms with van der Waals surface area (Å²) in [6.45, 7) is 2.19. The Balaban J connectivity index is 1.73. The molecular formula is C16H22N2O2. The first kappa shape index (κ1) is 14.6. The first-order chi connectivity index (χ1) is 9.81. The molecular weight excluding hydrogens is 252 g/mol. The number of hydrogen-bond acceptors (Lipinski definition) is 2. The summed E-state index contributed by atoms with van der Waals surface area (Å²) >= 11 is 0. The van der Waals surface area contributed by atoms with Gasteiger partial charge >= 0.3 is 6.03 Å². The van der Waals surface area contributed by atoms with Gasteiger partial charge in [0.25, 0.3) is 0 Å². The number of hydrogen-bond donors (Lipinski definition) is 1. The quantitative estimate of drug-likeness (QED) is 0.662. The number of benzene rings is 1. The number of nitrogens with one attached hydrogen (secondary N) is 1. The van der Waals surface area contributed by atoms with Crippen molar-refractivity contribution in [1.29, 1.82) is 0 Å². The SMILES string of the molecule is O=CCCCNC(=O)N1CCC(c2ccccc2)CC1. The van der Waals surface area contributed by atoms with Crippen LogP contribution in [0.3, 0.4) is 0 Å². The number of aldehydes is 1. The smallest absolute Gasteiger partial charge is 0.317 e. The Hall–Kier alpha value is -1.84. The first-order valence-electron chi connectivity index (χ1n) is 7.32. The van der Waals surface area contributed by atoms with Gasteiger partial charge in [-0.15, -0.1) is 0 Å². The molecule has 0 saturated carbocycles. The van der Waals surface area contributed by atoms with Gasteiger partial charge in [0.2, 0.25) is 0 Å². The van der Waals surface area contributed by atoms with Crippen LogP contribution in [0.2, 0.25) is 0 Å². The fourth-order valence-electron chi connectivity index (χ4n) is 2.63. The third-order valence-corrected chi connectivity index (χ3v) is 3.83. The monoisotopic (exact) mass is 274 g/mol. The molecule has 1 aliphatic heterocycles. The first-order valence-corrected chi connectivity index (χ1v) is 7.32. The van der Waals surface area contributed by atoms with Gasteiger partial charge < -0.3 is 15.0 Å². The molecule has 2 amide bonds. The van der Waals surface area contributed by atoms with E-state index in [4.69, 9.17) is 0 Å². The highest BCUT2D eigenvalue weighted by Gasteiger charge is 2.23. The van der Waals surface area contributed by atoms with Gasteiger partial charge in [0.05, 0.1) is 0 Å². The Labute approximate surface area is 120 Å². The molecule has 1 aromatic carbocycles. The molecule has 1 fully saturated rings. The molecule has 0 atom stereocenters. The number of urea groups is 1. The Morgan fingerprint density at radius 2 is 1.95 bits per heavy atom. The van der Waals surface area contributed by atoms with E-state index in [-0.39, 0.29) is 6.03 Å². The van der Waals surface area contributed by atoms with E-state index in [1.165, 1.54) is 5.56 Å². The number of nitrogens with zero attached hydrogens (tertiary/aromatic N) is 1. The molecule has 1 aliphatic rings. The fourth-order valence-corrected chi connectivity index (χ4v) is 2.63. The van der Waals surface area contributed by atoms with Crippen LogP contribution in [0, 0.1) is 0 Å². The highest BCUT2D eigenvalue weighted by atomic mass is 16.2. The second kappa shape index (κ2) is 7.68. The maximum atomic E-state index is 11.9. The topological polar surface area (TPSA) is 49.4 Å². The minimum atomic E-state index is 0.00223. The summed E-state index contributed by atoms with van der Waals surface area (Å²) in [5, 5.41) is 2.87. The summed E-state index contributed by atoms with van der Waals surface area (Å²) in [6, 6.07) is 10.5. The lowest BCUT2D eigenvalue weighted by Crippen LogP contribution is -2.44. The van der Waals surface area contributed by atoms with E-state index in [1.807, 2.05) is 11.0 Å². The number of likely N-dealkylation sites (tertiary alicyclic amines) is 1. The highest BCUT2D eigenvalue weighted by molar-refractivity contribution is 5.74. The lowest BCUT2D eigenvalue weighted by Gasteiger charge is -2.32. The van der Waals surface area contributed by atoms with Gasteiger partial charge in [0.15, 0.2) is 0 Å². The van der Waals surface area contributed by atoms with E-state index in [2.05, 4.69) is 29.6 Å². The van der Waals surface area contributed by atoms with Crippen molar-refractivity contribution in [3.8, 4) is 0 Å². The molecule has 1 N–H and O–H groups in total. The van der Waals surface area contributed by atoms with Gasteiger partial charge in [-0.2, -0.15) is 0 Å². The van der Waals surface area contributed by atoms with Gasteiger partial charge in [-0.1, -0.05) is 30.3 Å². The van der Waals surface area contributed by atoms with E-state index in [0.29, 0.717) is 18.9 Å². The minimum Gasteiger partial charge on any atom is -0.338 e.